The minimum absolute atomic E-state index is 0.0389. The highest BCUT2D eigenvalue weighted by atomic mass is 16.5. The molecule has 2 saturated carbocycles. The molecule has 0 radical (unpaired) electrons. The zero-order valence-electron chi connectivity index (χ0n) is 17.7. The zero-order chi connectivity index (χ0) is 19.1. The Morgan fingerprint density at radius 3 is 2.38 bits per heavy atom. The first-order valence-corrected chi connectivity index (χ1v) is 10.4. The van der Waals surface area contributed by atoms with E-state index in [2.05, 4.69) is 53.7 Å². The Hall–Kier alpha value is -1.02. The van der Waals surface area contributed by atoms with Gasteiger partial charge in [-0.15, -0.1) is 0 Å². The van der Waals surface area contributed by atoms with E-state index in [0.29, 0.717) is 5.92 Å². The van der Waals surface area contributed by atoms with Crippen LogP contribution in [-0.4, -0.2) is 18.3 Å². The fourth-order valence-electron chi connectivity index (χ4n) is 7.62. The highest BCUT2D eigenvalue weighted by molar-refractivity contribution is 5.51. The van der Waals surface area contributed by atoms with Crippen LogP contribution in [0, 0.1) is 29.1 Å². The van der Waals surface area contributed by atoms with Gasteiger partial charge in [0, 0.05) is 0 Å². The van der Waals surface area contributed by atoms with E-state index in [9.17, 15) is 5.11 Å². The van der Waals surface area contributed by atoms with E-state index >= 15 is 0 Å². The van der Waals surface area contributed by atoms with E-state index in [-0.39, 0.29) is 27.8 Å². The average Bonchev–Trinajstić information content (AvgIpc) is 2.89. The molecule has 3 aliphatic carbocycles. The molecule has 4 rings (SSSR count). The summed E-state index contributed by atoms with van der Waals surface area (Å²) in [7, 11) is 1.77. The lowest BCUT2D eigenvalue weighted by Gasteiger charge is -2.68. The lowest BCUT2D eigenvalue weighted by atomic mass is 9.36. The molecular weight excluding hydrogens is 320 g/mol. The molecule has 3 aliphatic rings. The van der Waals surface area contributed by atoms with Gasteiger partial charge in [-0.1, -0.05) is 34.6 Å². The molecule has 1 aromatic rings. The summed E-state index contributed by atoms with van der Waals surface area (Å²) >= 11 is 0. The van der Waals surface area contributed by atoms with Gasteiger partial charge < -0.3 is 9.84 Å². The summed E-state index contributed by atoms with van der Waals surface area (Å²) in [5.41, 5.74) is 5.12. The number of hydrogen-bond donors (Lipinski definition) is 1. The smallest absolute Gasteiger partial charge is 0.119 e. The van der Waals surface area contributed by atoms with E-state index < -0.39 is 0 Å². The van der Waals surface area contributed by atoms with Gasteiger partial charge in [0.1, 0.15) is 5.75 Å². The lowest BCUT2D eigenvalue weighted by Crippen LogP contribution is -2.64. The van der Waals surface area contributed by atoms with Crippen LogP contribution in [0.25, 0.3) is 0 Å². The first kappa shape index (κ1) is 18.3. The van der Waals surface area contributed by atoms with Gasteiger partial charge in [0.15, 0.2) is 0 Å². The molecule has 0 bridgehead atoms. The standard InChI is InChI=1S/C24H36O2/c1-15-12-17(26-7)13-16-14-18-22(4,20(15)16)10-11-24(6)21(2,3)19(25)8-9-23(18,24)5/h12-13,18-19,25H,8-11,14H2,1-7H3/t18-,19-,22+,23+,24-/m1/s1. The van der Waals surface area contributed by atoms with Crippen LogP contribution in [0.2, 0.25) is 0 Å². The molecule has 26 heavy (non-hydrogen) atoms. The fraction of sp³-hybridized carbons (Fsp3) is 0.750. The number of aryl methyl sites for hydroxylation is 1. The van der Waals surface area contributed by atoms with E-state index in [0.717, 1.165) is 25.0 Å². The molecule has 0 heterocycles. The normalized spacial score (nSPS) is 43.4. The number of fused-ring (bicyclic) bond motifs is 5. The molecule has 0 saturated heterocycles. The van der Waals surface area contributed by atoms with Gasteiger partial charge in [-0.05, 0) is 95.4 Å². The number of methoxy groups -OCH3 is 1. The Bertz CT molecular complexity index is 751. The Morgan fingerprint density at radius 2 is 1.73 bits per heavy atom. The summed E-state index contributed by atoms with van der Waals surface area (Å²) < 4.78 is 5.57. The highest BCUT2D eigenvalue weighted by Crippen LogP contribution is 2.73. The molecule has 0 aliphatic heterocycles. The van der Waals surface area contributed by atoms with Crippen LogP contribution >= 0.6 is 0 Å². The van der Waals surface area contributed by atoms with Crippen molar-refractivity contribution >= 4 is 0 Å². The molecule has 1 aromatic carbocycles. The van der Waals surface area contributed by atoms with Crippen molar-refractivity contribution in [2.24, 2.45) is 22.2 Å². The minimum Gasteiger partial charge on any atom is -0.497 e. The monoisotopic (exact) mass is 356 g/mol. The quantitative estimate of drug-likeness (QED) is 0.728. The third-order valence-electron chi connectivity index (χ3n) is 9.76. The van der Waals surface area contributed by atoms with Crippen LogP contribution in [0.3, 0.4) is 0 Å². The molecule has 0 unspecified atom stereocenters. The first-order valence-electron chi connectivity index (χ1n) is 10.4. The third kappa shape index (κ3) is 1.92. The van der Waals surface area contributed by atoms with Gasteiger partial charge in [-0.25, -0.2) is 0 Å². The Kier molecular flexibility index (Phi) is 3.73. The average molecular weight is 357 g/mol. The largest absolute Gasteiger partial charge is 0.497 e. The SMILES string of the molecule is COc1cc(C)c2c(c1)C[C@H]1[C@]3(C)CC[C@@H](O)C(C)(C)[C@@]3(C)CC[C@]21C. The molecule has 2 fully saturated rings. The Labute approximate surface area is 159 Å². The number of ether oxygens (including phenoxy) is 1. The highest BCUT2D eigenvalue weighted by Gasteiger charge is 2.68. The number of benzene rings is 1. The molecule has 2 heteroatoms. The van der Waals surface area contributed by atoms with Crippen LogP contribution in [0.1, 0.15) is 77.0 Å². The molecule has 0 aromatic heterocycles. The van der Waals surface area contributed by atoms with Crippen LogP contribution in [0.5, 0.6) is 5.75 Å². The molecule has 0 amide bonds. The Balaban J connectivity index is 1.86. The first-order chi connectivity index (χ1) is 12.0. The molecular formula is C24H36O2. The maximum absolute atomic E-state index is 10.8. The van der Waals surface area contributed by atoms with Gasteiger partial charge in [0.2, 0.25) is 0 Å². The predicted molar refractivity (Wildman–Crippen MR) is 107 cm³/mol. The fourth-order valence-corrected chi connectivity index (χ4v) is 7.62. The lowest BCUT2D eigenvalue weighted by molar-refractivity contribution is -0.212. The van der Waals surface area contributed by atoms with Gasteiger partial charge >= 0.3 is 0 Å². The van der Waals surface area contributed by atoms with E-state index in [1.165, 1.54) is 24.0 Å². The maximum atomic E-state index is 10.8. The van der Waals surface area contributed by atoms with Gasteiger partial charge in [0.05, 0.1) is 13.2 Å². The van der Waals surface area contributed by atoms with Crippen molar-refractivity contribution < 1.29 is 9.84 Å². The summed E-state index contributed by atoms with van der Waals surface area (Å²) in [4.78, 5) is 0. The second kappa shape index (κ2) is 5.28. The van der Waals surface area contributed by atoms with Gasteiger partial charge in [0.25, 0.3) is 0 Å². The molecule has 144 valence electrons. The number of aliphatic hydroxyl groups excluding tert-OH is 1. The van der Waals surface area contributed by atoms with Crippen LogP contribution in [-0.2, 0) is 11.8 Å². The minimum atomic E-state index is -0.185. The van der Waals surface area contributed by atoms with Crippen LogP contribution in [0.4, 0.5) is 0 Å². The molecule has 1 N–H and O–H groups in total. The van der Waals surface area contributed by atoms with E-state index in [4.69, 9.17) is 4.74 Å². The molecule has 0 spiro atoms. The van der Waals surface area contributed by atoms with Crippen molar-refractivity contribution in [1.29, 1.82) is 0 Å². The second-order valence-electron chi connectivity index (χ2n) is 10.7. The summed E-state index contributed by atoms with van der Waals surface area (Å²) in [6.07, 6.45) is 5.46. The van der Waals surface area contributed by atoms with E-state index in [1.807, 2.05) is 0 Å². The predicted octanol–water partition coefficient (Wildman–Crippen LogP) is 5.42. The zero-order valence-corrected chi connectivity index (χ0v) is 17.7. The number of hydrogen-bond acceptors (Lipinski definition) is 2. The van der Waals surface area contributed by atoms with Crippen molar-refractivity contribution in [3.05, 3.63) is 28.8 Å². The van der Waals surface area contributed by atoms with Crippen molar-refractivity contribution in [2.45, 2.75) is 85.2 Å². The topological polar surface area (TPSA) is 29.5 Å². The van der Waals surface area contributed by atoms with Crippen LogP contribution in [0.15, 0.2) is 12.1 Å². The van der Waals surface area contributed by atoms with Crippen molar-refractivity contribution in [1.82, 2.24) is 0 Å². The van der Waals surface area contributed by atoms with Gasteiger partial charge in [-0.2, -0.15) is 0 Å². The summed E-state index contributed by atoms with van der Waals surface area (Å²) in [5.74, 6) is 1.64. The molecule has 5 atom stereocenters. The van der Waals surface area contributed by atoms with Gasteiger partial charge in [-0.3, -0.25) is 0 Å². The number of aliphatic hydroxyl groups is 1. The van der Waals surface area contributed by atoms with E-state index in [1.54, 1.807) is 12.7 Å². The summed E-state index contributed by atoms with van der Waals surface area (Å²) in [6.45, 7) is 14.4. The number of rotatable bonds is 1. The Morgan fingerprint density at radius 1 is 1.04 bits per heavy atom. The maximum Gasteiger partial charge on any atom is 0.119 e. The summed E-state index contributed by atoms with van der Waals surface area (Å²) in [6, 6.07) is 4.51. The summed E-state index contributed by atoms with van der Waals surface area (Å²) in [5, 5.41) is 10.8. The molecule has 2 nitrogen and oxygen atoms in total. The van der Waals surface area contributed by atoms with Crippen molar-refractivity contribution in [2.75, 3.05) is 7.11 Å². The van der Waals surface area contributed by atoms with Crippen molar-refractivity contribution in [3.8, 4) is 5.75 Å². The van der Waals surface area contributed by atoms with Crippen LogP contribution < -0.4 is 4.74 Å². The third-order valence-corrected chi connectivity index (χ3v) is 9.76. The second-order valence-corrected chi connectivity index (χ2v) is 10.7. The van der Waals surface area contributed by atoms with Crippen molar-refractivity contribution in [3.63, 3.8) is 0 Å².